The predicted octanol–water partition coefficient (Wildman–Crippen LogP) is 0.248. The SMILES string of the molecule is CO[C@H]1CCCN(P)[C@@H]1CO. The van der Waals surface area contributed by atoms with Crippen LogP contribution in [-0.2, 0) is 4.74 Å². The van der Waals surface area contributed by atoms with Gasteiger partial charge < -0.3 is 9.84 Å². The van der Waals surface area contributed by atoms with Crippen LogP contribution in [0.4, 0.5) is 0 Å². The Morgan fingerprint density at radius 3 is 2.91 bits per heavy atom. The first-order chi connectivity index (χ1) is 5.29. The molecule has 1 N–H and O–H groups in total. The highest BCUT2D eigenvalue weighted by atomic mass is 31.0. The standard InChI is InChI=1S/C7H16NO2P/c1-10-7-3-2-4-8(11)6(7)5-9/h6-7,9H,2-5,11H2,1H3/t6-,7+/m1/s1. The molecule has 0 spiro atoms. The lowest BCUT2D eigenvalue weighted by atomic mass is 10.0. The van der Waals surface area contributed by atoms with Gasteiger partial charge in [0.1, 0.15) is 0 Å². The van der Waals surface area contributed by atoms with Crippen molar-refractivity contribution in [2.75, 3.05) is 20.3 Å². The van der Waals surface area contributed by atoms with Gasteiger partial charge in [-0.25, -0.2) is 0 Å². The van der Waals surface area contributed by atoms with Crippen molar-refractivity contribution >= 4 is 9.39 Å². The number of methoxy groups -OCH3 is 1. The minimum atomic E-state index is 0.166. The van der Waals surface area contributed by atoms with Crippen molar-refractivity contribution in [1.82, 2.24) is 4.67 Å². The summed E-state index contributed by atoms with van der Waals surface area (Å²) < 4.78 is 7.33. The maximum absolute atomic E-state index is 9.03. The first-order valence-electron chi connectivity index (χ1n) is 3.94. The number of hydrogen-bond donors (Lipinski definition) is 1. The van der Waals surface area contributed by atoms with Gasteiger partial charge in [-0.3, -0.25) is 4.67 Å². The molecule has 4 heteroatoms. The quantitative estimate of drug-likeness (QED) is 0.614. The van der Waals surface area contributed by atoms with E-state index in [4.69, 9.17) is 9.84 Å². The van der Waals surface area contributed by atoms with Gasteiger partial charge in [0.2, 0.25) is 0 Å². The van der Waals surface area contributed by atoms with Crippen molar-refractivity contribution in [2.45, 2.75) is 25.0 Å². The number of nitrogens with zero attached hydrogens (tertiary/aromatic N) is 1. The van der Waals surface area contributed by atoms with Crippen LogP contribution in [0.2, 0.25) is 0 Å². The third-order valence-corrected chi connectivity index (χ3v) is 2.89. The van der Waals surface area contributed by atoms with Crippen molar-refractivity contribution in [3.8, 4) is 0 Å². The van der Waals surface area contributed by atoms with Gasteiger partial charge in [0.25, 0.3) is 0 Å². The summed E-state index contributed by atoms with van der Waals surface area (Å²) in [6.07, 6.45) is 2.41. The zero-order chi connectivity index (χ0) is 8.27. The second-order valence-electron chi connectivity index (χ2n) is 2.90. The number of piperidine rings is 1. The Bertz CT molecular complexity index is 123. The van der Waals surface area contributed by atoms with Crippen molar-refractivity contribution in [2.24, 2.45) is 0 Å². The largest absolute Gasteiger partial charge is 0.395 e. The van der Waals surface area contributed by atoms with Crippen LogP contribution in [0.3, 0.4) is 0 Å². The molecule has 1 rings (SSSR count). The lowest BCUT2D eigenvalue weighted by Gasteiger charge is -2.36. The zero-order valence-electron chi connectivity index (χ0n) is 6.86. The maximum Gasteiger partial charge on any atom is 0.0752 e. The molecule has 0 aromatic heterocycles. The molecular weight excluding hydrogens is 161 g/mol. The molecule has 0 aromatic rings. The molecule has 1 unspecified atom stereocenters. The van der Waals surface area contributed by atoms with E-state index in [0.29, 0.717) is 0 Å². The molecule has 0 amide bonds. The van der Waals surface area contributed by atoms with Crippen LogP contribution in [0.5, 0.6) is 0 Å². The second kappa shape index (κ2) is 4.36. The molecule has 66 valence electrons. The van der Waals surface area contributed by atoms with Crippen LogP contribution >= 0.6 is 9.39 Å². The fraction of sp³-hybridized carbons (Fsp3) is 1.00. The van der Waals surface area contributed by atoms with Crippen LogP contribution in [0, 0.1) is 0 Å². The molecule has 0 bridgehead atoms. The Labute approximate surface area is 70.0 Å². The number of ether oxygens (including phenoxy) is 1. The molecule has 0 radical (unpaired) electrons. The first-order valence-corrected chi connectivity index (χ1v) is 4.46. The predicted molar refractivity (Wildman–Crippen MR) is 47.3 cm³/mol. The van der Waals surface area contributed by atoms with Crippen molar-refractivity contribution in [1.29, 1.82) is 0 Å². The molecule has 0 aromatic carbocycles. The minimum absolute atomic E-state index is 0.166. The van der Waals surface area contributed by atoms with Gasteiger partial charge in [-0.2, -0.15) is 0 Å². The van der Waals surface area contributed by atoms with E-state index < -0.39 is 0 Å². The van der Waals surface area contributed by atoms with Crippen LogP contribution < -0.4 is 0 Å². The summed E-state index contributed by atoms with van der Waals surface area (Å²) in [5.41, 5.74) is 0. The number of aliphatic hydroxyl groups is 1. The van der Waals surface area contributed by atoms with Gasteiger partial charge in [0.15, 0.2) is 0 Å². The van der Waals surface area contributed by atoms with Gasteiger partial charge >= 0.3 is 0 Å². The van der Waals surface area contributed by atoms with E-state index in [2.05, 4.69) is 14.1 Å². The second-order valence-corrected chi connectivity index (χ2v) is 3.57. The van der Waals surface area contributed by atoms with Crippen molar-refractivity contribution < 1.29 is 9.84 Å². The number of aliphatic hydroxyl groups excluding tert-OH is 1. The summed E-state index contributed by atoms with van der Waals surface area (Å²) in [7, 11) is 4.34. The van der Waals surface area contributed by atoms with Gasteiger partial charge in [0.05, 0.1) is 18.8 Å². The molecule has 1 fully saturated rings. The Morgan fingerprint density at radius 2 is 2.45 bits per heavy atom. The van der Waals surface area contributed by atoms with Crippen LogP contribution in [0.1, 0.15) is 12.8 Å². The summed E-state index contributed by atoms with van der Waals surface area (Å²) in [6.45, 7) is 1.22. The average Bonchev–Trinajstić information content (AvgIpc) is 2.04. The molecule has 3 nitrogen and oxygen atoms in total. The van der Waals surface area contributed by atoms with Gasteiger partial charge in [-0.05, 0) is 12.8 Å². The fourth-order valence-electron chi connectivity index (χ4n) is 1.54. The summed E-state index contributed by atoms with van der Waals surface area (Å²) in [6, 6.07) is 0.166. The highest BCUT2D eigenvalue weighted by Gasteiger charge is 2.28. The number of rotatable bonds is 2. The zero-order valence-corrected chi connectivity index (χ0v) is 8.02. The Balaban J connectivity index is 2.48. The van der Waals surface area contributed by atoms with E-state index in [9.17, 15) is 0 Å². The maximum atomic E-state index is 9.03. The highest BCUT2D eigenvalue weighted by Crippen LogP contribution is 2.22. The van der Waals surface area contributed by atoms with Crippen LogP contribution in [0.15, 0.2) is 0 Å². The highest BCUT2D eigenvalue weighted by molar-refractivity contribution is 7.13. The lowest BCUT2D eigenvalue weighted by molar-refractivity contribution is -0.00539. The van der Waals surface area contributed by atoms with Gasteiger partial charge in [-0.1, -0.05) is 9.39 Å². The summed E-state index contributed by atoms with van der Waals surface area (Å²) in [4.78, 5) is 0. The van der Waals surface area contributed by atoms with E-state index >= 15 is 0 Å². The van der Waals surface area contributed by atoms with Crippen molar-refractivity contribution in [3.63, 3.8) is 0 Å². The normalized spacial score (nSPS) is 34.1. The lowest BCUT2D eigenvalue weighted by Crippen LogP contribution is -2.46. The molecule has 0 saturated carbocycles. The summed E-state index contributed by atoms with van der Waals surface area (Å²) in [5.74, 6) is 0. The Kier molecular flexibility index (Phi) is 3.73. The van der Waals surface area contributed by atoms with E-state index in [1.807, 2.05) is 0 Å². The first kappa shape index (κ1) is 9.40. The molecule has 11 heavy (non-hydrogen) atoms. The molecule has 1 aliphatic heterocycles. The Hall–Kier alpha value is 0.310. The van der Waals surface area contributed by atoms with Crippen LogP contribution in [-0.4, -0.2) is 42.2 Å². The molecule has 0 aliphatic carbocycles. The minimum Gasteiger partial charge on any atom is -0.395 e. The van der Waals surface area contributed by atoms with E-state index in [-0.39, 0.29) is 18.8 Å². The van der Waals surface area contributed by atoms with E-state index in [1.165, 1.54) is 0 Å². The summed E-state index contributed by atoms with van der Waals surface area (Å²) in [5, 5.41) is 9.03. The molecular formula is C7H16NO2P. The number of hydrogen-bond acceptors (Lipinski definition) is 3. The van der Waals surface area contributed by atoms with Crippen molar-refractivity contribution in [3.05, 3.63) is 0 Å². The van der Waals surface area contributed by atoms with Gasteiger partial charge in [0, 0.05) is 13.7 Å². The molecule has 1 heterocycles. The molecule has 1 saturated heterocycles. The van der Waals surface area contributed by atoms with E-state index in [1.54, 1.807) is 7.11 Å². The third-order valence-electron chi connectivity index (χ3n) is 2.25. The topological polar surface area (TPSA) is 32.7 Å². The average molecular weight is 177 g/mol. The Morgan fingerprint density at radius 1 is 1.73 bits per heavy atom. The van der Waals surface area contributed by atoms with E-state index in [0.717, 1.165) is 19.4 Å². The molecule has 1 aliphatic rings. The monoisotopic (exact) mass is 177 g/mol. The summed E-state index contributed by atoms with van der Waals surface area (Å²) >= 11 is 0. The molecule has 3 atom stereocenters. The van der Waals surface area contributed by atoms with Gasteiger partial charge in [-0.15, -0.1) is 0 Å². The fourth-order valence-corrected chi connectivity index (χ4v) is 2.01. The third kappa shape index (κ3) is 2.12. The van der Waals surface area contributed by atoms with Crippen LogP contribution in [0.25, 0.3) is 0 Å². The smallest absolute Gasteiger partial charge is 0.0752 e.